The van der Waals surface area contributed by atoms with Gasteiger partial charge in [-0.25, -0.2) is 0 Å². The van der Waals surface area contributed by atoms with Crippen molar-refractivity contribution in [2.75, 3.05) is 6.54 Å². The first-order valence-electron chi connectivity index (χ1n) is 5.47. The van der Waals surface area contributed by atoms with Gasteiger partial charge in [0.15, 0.2) is 0 Å². The minimum Gasteiger partial charge on any atom is -0.289 e. The van der Waals surface area contributed by atoms with E-state index < -0.39 is 0 Å². The summed E-state index contributed by atoms with van der Waals surface area (Å²) in [5, 5.41) is 0. The largest absolute Gasteiger partial charge is 0.289 e. The van der Waals surface area contributed by atoms with Gasteiger partial charge in [0, 0.05) is 17.7 Å². The van der Waals surface area contributed by atoms with Crippen LogP contribution in [0.4, 0.5) is 0 Å². The number of aliphatic imine (C=N–C) groups is 1. The quantitative estimate of drug-likeness (QED) is 0.554. The zero-order valence-electron chi connectivity index (χ0n) is 10.4. The molecule has 1 heteroatoms. The summed E-state index contributed by atoms with van der Waals surface area (Å²) in [6, 6.07) is 0. The second kappa shape index (κ2) is 3.52. The molecule has 1 rings (SSSR count). The third kappa shape index (κ3) is 2.70. The Balaban J connectivity index is 2.95. The topological polar surface area (TPSA) is 12.4 Å². The summed E-state index contributed by atoms with van der Waals surface area (Å²) in [6.45, 7) is 14.5. The fraction of sp³-hybridized carbons (Fsp3) is 0.769. The van der Waals surface area contributed by atoms with Crippen LogP contribution in [0.5, 0.6) is 0 Å². The van der Waals surface area contributed by atoms with Crippen LogP contribution in [-0.4, -0.2) is 12.3 Å². The Morgan fingerprint density at radius 3 is 2.00 bits per heavy atom. The van der Waals surface area contributed by atoms with Crippen molar-refractivity contribution in [2.45, 2.75) is 48.0 Å². The summed E-state index contributed by atoms with van der Waals surface area (Å²) in [6.07, 6.45) is 3.44. The van der Waals surface area contributed by atoms with E-state index in [0.717, 1.165) is 13.0 Å². The fourth-order valence-corrected chi connectivity index (χ4v) is 1.62. The third-order valence-corrected chi connectivity index (χ3v) is 2.71. The molecule has 0 bridgehead atoms. The van der Waals surface area contributed by atoms with Crippen LogP contribution >= 0.6 is 0 Å². The van der Waals surface area contributed by atoms with Gasteiger partial charge in [0.25, 0.3) is 0 Å². The van der Waals surface area contributed by atoms with E-state index in [4.69, 9.17) is 0 Å². The lowest BCUT2D eigenvalue weighted by atomic mass is 9.79. The highest BCUT2D eigenvalue weighted by Gasteiger charge is 2.24. The van der Waals surface area contributed by atoms with Crippen molar-refractivity contribution >= 4 is 5.71 Å². The first kappa shape index (κ1) is 11.5. The van der Waals surface area contributed by atoms with Gasteiger partial charge >= 0.3 is 0 Å². The zero-order valence-corrected chi connectivity index (χ0v) is 10.4. The van der Waals surface area contributed by atoms with Crippen LogP contribution in [0, 0.1) is 10.8 Å². The number of hydrogen-bond donors (Lipinski definition) is 0. The van der Waals surface area contributed by atoms with Crippen molar-refractivity contribution in [3.8, 4) is 0 Å². The number of rotatable bonds is 0. The fourth-order valence-electron chi connectivity index (χ4n) is 1.62. The van der Waals surface area contributed by atoms with Crippen LogP contribution in [0.15, 0.2) is 16.6 Å². The maximum absolute atomic E-state index is 4.60. The molecule has 0 unspecified atom stereocenters. The second-order valence-electron chi connectivity index (χ2n) is 6.19. The highest BCUT2D eigenvalue weighted by Crippen LogP contribution is 2.32. The minimum absolute atomic E-state index is 0.191. The van der Waals surface area contributed by atoms with Gasteiger partial charge < -0.3 is 0 Å². The molecule has 0 fully saturated rings. The van der Waals surface area contributed by atoms with Crippen molar-refractivity contribution in [2.24, 2.45) is 15.8 Å². The monoisotopic (exact) mass is 193 g/mol. The second-order valence-corrected chi connectivity index (χ2v) is 6.19. The van der Waals surface area contributed by atoms with E-state index in [0.29, 0.717) is 5.41 Å². The van der Waals surface area contributed by atoms with Crippen LogP contribution in [0.3, 0.4) is 0 Å². The molecule has 1 nitrogen and oxygen atoms in total. The van der Waals surface area contributed by atoms with Gasteiger partial charge in [-0.15, -0.1) is 0 Å². The summed E-state index contributed by atoms with van der Waals surface area (Å²) in [7, 11) is 0. The van der Waals surface area contributed by atoms with Gasteiger partial charge in [-0.05, 0) is 17.9 Å². The molecule has 0 radical (unpaired) electrons. The zero-order chi connectivity index (χ0) is 11.0. The summed E-state index contributed by atoms with van der Waals surface area (Å²) < 4.78 is 0. The first-order valence-corrected chi connectivity index (χ1v) is 5.47. The highest BCUT2D eigenvalue weighted by atomic mass is 14.8. The standard InChI is InChI=1S/C13H23N/c1-12(2,3)10-7-8-14-11(9-10)13(4,5)6/h9H,7-8H2,1-6H3. The Labute approximate surface area is 88.3 Å². The van der Waals surface area contributed by atoms with E-state index in [1.165, 1.54) is 11.3 Å². The van der Waals surface area contributed by atoms with Crippen LogP contribution in [0.1, 0.15) is 48.0 Å². The number of allylic oxidation sites excluding steroid dienone is 1. The molecule has 0 spiro atoms. The molecule has 14 heavy (non-hydrogen) atoms. The predicted molar refractivity (Wildman–Crippen MR) is 63.9 cm³/mol. The average molecular weight is 193 g/mol. The number of nitrogens with zero attached hydrogens (tertiary/aromatic N) is 1. The molecule has 0 saturated carbocycles. The highest BCUT2D eigenvalue weighted by molar-refractivity contribution is 6.00. The molecule has 1 aliphatic rings. The molecular weight excluding hydrogens is 170 g/mol. The summed E-state index contributed by atoms with van der Waals surface area (Å²) >= 11 is 0. The van der Waals surface area contributed by atoms with Gasteiger partial charge in [0.1, 0.15) is 0 Å². The molecule has 0 aromatic carbocycles. The molecule has 80 valence electrons. The van der Waals surface area contributed by atoms with E-state index in [9.17, 15) is 0 Å². The summed E-state index contributed by atoms with van der Waals surface area (Å²) in [4.78, 5) is 4.60. The number of hydrogen-bond acceptors (Lipinski definition) is 1. The lowest BCUT2D eigenvalue weighted by Gasteiger charge is -2.29. The third-order valence-electron chi connectivity index (χ3n) is 2.71. The van der Waals surface area contributed by atoms with Crippen LogP contribution in [0.2, 0.25) is 0 Å². The maximum atomic E-state index is 4.60. The van der Waals surface area contributed by atoms with Crippen LogP contribution in [0.25, 0.3) is 0 Å². The van der Waals surface area contributed by atoms with E-state index in [-0.39, 0.29) is 5.41 Å². The van der Waals surface area contributed by atoms with Gasteiger partial charge in [0.2, 0.25) is 0 Å². The Morgan fingerprint density at radius 2 is 1.57 bits per heavy atom. The van der Waals surface area contributed by atoms with E-state index in [1.807, 2.05) is 0 Å². The van der Waals surface area contributed by atoms with Gasteiger partial charge in [-0.1, -0.05) is 47.1 Å². The lowest BCUT2D eigenvalue weighted by molar-refractivity contribution is 0.479. The molecule has 0 amide bonds. The van der Waals surface area contributed by atoms with E-state index >= 15 is 0 Å². The van der Waals surface area contributed by atoms with Crippen molar-refractivity contribution in [3.05, 3.63) is 11.6 Å². The minimum atomic E-state index is 0.191. The van der Waals surface area contributed by atoms with Gasteiger partial charge in [0.05, 0.1) is 0 Å². The SMILES string of the molecule is CC(C)(C)C1=CC(C(C)(C)C)=NCC1. The van der Waals surface area contributed by atoms with Crippen LogP contribution < -0.4 is 0 Å². The Kier molecular flexibility index (Phi) is 2.89. The van der Waals surface area contributed by atoms with Crippen molar-refractivity contribution in [1.82, 2.24) is 0 Å². The lowest BCUT2D eigenvalue weighted by Crippen LogP contribution is -2.24. The summed E-state index contributed by atoms with van der Waals surface area (Å²) in [5.74, 6) is 0. The molecular formula is C13H23N. The molecule has 0 aromatic heterocycles. The number of dihydropyridines is 1. The van der Waals surface area contributed by atoms with Crippen LogP contribution in [-0.2, 0) is 0 Å². The molecule has 0 aliphatic carbocycles. The normalized spacial score (nSPS) is 19.0. The predicted octanol–water partition coefficient (Wildman–Crippen LogP) is 3.85. The van der Waals surface area contributed by atoms with Crippen molar-refractivity contribution < 1.29 is 0 Å². The molecule has 1 aliphatic heterocycles. The van der Waals surface area contributed by atoms with Gasteiger partial charge in [-0.3, -0.25) is 4.99 Å². The smallest absolute Gasteiger partial charge is 0.0430 e. The molecule has 0 aromatic rings. The average Bonchev–Trinajstić information content (AvgIpc) is 2.01. The van der Waals surface area contributed by atoms with E-state index in [2.05, 4.69) is 52.6 Å². The Bertz CT molecular complexity index is 269. The molecule has 1 heterocycles. The summed E-state index contributed by atoms with van der Waals surface area (Å²) in [5.41, 5.74) is 3.29. The molecule has 0 N–H and O–H groups in total. The maximum Gasteiger partial charge on any atom is 0.0430 e. The van der Waals surface area contributed by atoms with E-state index in [1.54, 1.807) is 0 Å². The molecule has 0 atom stereocenters. The first-order chi connectivity index (χ1) is 6.21. The van der Waals surface area contributed by atoms with Crippen molar-refractivity contribution in [1.29, 1.82) is 0 Å². The Hall–Kier alpha value is -0.590. The Morgan fingerprint density at radius 1 is 1.00 bits per heavy atom. The van der Waals surface area contributed by atoms with Crippen molar-refractivity contribution in [3.63, 3.8) is 0 Å². The molecule has 0 saturated heterocycles. The van der Waals surface area contributed by atoms with Gasteiger partial charge in [-0.2, -0.15) is 0 Å².